The number of hydrogen-bond donors (Lipinski definition) is 0. The Kier molecular flexibility index (Phi) is 3.33. The molecule has 1 aliphatic rings. The quantitative estimate of drug-likeness (QED) is 0.726. The second-order valence-electron chi connectivity index (χ2n) is 6.43. The molecule has 8 nitrogen and oxygen atoms in total. The van der Waals surface area contributed by atoms with Crippen LogP contribution in [0.5, 0.6) is 0 Å². The maximum Gasteiger partial charge on any atom is 0.245 e. The van der Waals surface area contributed by atoms with Crippen molar-refractivity contribution in [3.05, 3.63) is 29.2 Å². The van der Waals surface area contributed by atoms with Gasteiger partial charge in [0.25, 0.3) is 0 Å². The van der Waals surface area contributed by atoms with Crippen molar-refractivity contribution in [2.24, 2.45) is 13.0 Å². The van der Waals surface area contributed by atoms with E-state index in [0.717, 1.165) is 47.8 Å². The standard InChI is InChI=1S/C16H20N8/c1-10-8-23(9-10)16-19-14(22(4)21-16)6-5-13-18-15-12(3)17-7-11(2)24(15)20-13/h5-7,10H,8-9H2,1-4H3. The number of hydrogen-bond acceptors (Lipinski definition) is 6. The lowest BCUT2D eigenvalue weighted by Gasteiger charge is -2.36. The van der Waals surface area contributed by atoms with Gasteiger partial charge in [0.2, 0.25) is 5.95 Å². The van der Waals surface area contributed by atoms with Gasteiger partial charge in [-0.15, -0.1) is 10.2 Å². The van der Waals surface area contributed by atoms with Crippen LogP contribution in [-0.4, -0.2) is 47.4 Å². The van der Waals surface area contributed by atoms with Crippen LogP contribution in [0.1, 0.15) is 30.0 Å². The largest absolute Gasteiger partial charge is 0.339 e. The van der Waals surface area contributed by atoms with E-state index in [2.05, 4.69) is 37.0 Å². The van der Waals surface area contributed by atoms with Crippen LogP contribution in [0.2, 0.25) is 0 Å². The van der Waals surface area contributed by atoms with Crippen molar-refractivity contribution in [2.45, 2.75) is 20.8 Å². The molecule has 0 saturated carbocycles. The van der Waals surface area contributed by atoms with E-state index in [-0.39, 0.29) is 0 Å². The van der Waals surface area contributed by atoms with Gasteiger partial charge < -0.3 is 4.90 Å². The summed E-state index contributed by atoms with van der Waals surface area (Å²) >= 11 is 0. The van der Waals surface area contributed by atoms with Crippen LogP contribution in [0.4, 0.5) is 5.95 Å². The monoisotopic (exact) mass is 324 g/mol. The van der Waals surface area contributed by atoms with Crippen molar-refractivity contribution in [1.82, 2.24) is 34.3 Å². The Morgan fingerprint density at radius 2 is 1.92 bits per heavy atom. The van der Waals surface area contributed by atoms with Crippen LogP contribution in [0, 0.1) is 19.8 Å². The van der Waals surface area contributed by atoms with Crippen molar-refractivity contribution < 1.29 is 0 Å². The molecule has 0 aliphatic carbocycles. The summed E-state index contributed by atoms with van der Waals surface area (Å²) < 4.78 is 3.59. The predicted octanol–water partition coefficient (Wildman–Crippen LogP) is 1.50. The van der Waals surface area contributed by atoms with Gasteiger partial charge in [0.05, 0.1) is 11.4 Å². The first-order valence-electron chi connectivity index (χ1n) is 8.04. The molecule has 0 amide bonds. The molecule has 0 unspecified atom stereocenters. The number of fused-ring (bicyclic) bond motifs is 1. The molecule has 8 heteroatoms. The smallest absolute Gasteiger partial charge is 0.245 e. The number of aryl methyl sites for hydroxylation is 3. The Balaban J connectivity index is 1.61. The van der Waals surface area contributed by atoms with Gasteiger partial charge in [0.1, 0.15) is 0 Å². The van der Waals surface area contributed by atoms with Gasteiger partial charge in [0.15, 0.2) is 17.3 Å². The van der Waals surface area contributed by atoms with E-state index in [9.17, 15) is 0 Å². The summed E-state index contributed by atoms with van der Waals surface area (Å²) in [6, 6.07) is 0. The van der Waals surface area contributed by atoms with Crippen molar-refractivity contribution >= 4 is 23.7 Å². The molecular weight excluding hydrogens is 304 g/mol. The number of rotatable bonds is 3. The molecule has 0 N–H and O–H groups in total. The molecule has 3 aromatic rings. The first kappa shape index (κ1) is 14.8. The predicted molar refractivity (Wildman–Crippen MR) is 91.6 cm³/mol. The third-order valence-electron chi connectivity index (χ3n) is 4.24. The molecule has 0 spiro atoms. The Bertz CT molecular complexity index is 890. The summed E-state index contributed by atoms with van der Waals surface area (Å²) in [4.78, 5) is 15.6. The minimum absolute atomic E-state index is 0.635. The fourth-order valence-corrected chi connectivity index (χ4v) is 2.85. The number of anilines is 1. The highest BCUT2D eigenvalue weighted by Gasteiger charge is 2.26. The van der Waals surface area contributed by atoms with Crippen LogP contribution in [0.3, 0.4) is 0 Å². The Labute approximate surface area is 139 Å². The van der Waals surface area contributed by atoms with Crippen molar-refractivity contribution in [1.29, 1.82) is 0 Å². The van der Waals surface area contributed by atoms with E-state index in [1.165, 1.54) is 0 Å². The van der Waals surface area contributed by atoms with E-state index in [0.29, 0.717) is 5.82 Å². The lowest BCUT2D eigenvalue weighted by Crippen LogP contribution is -2.45. The molecule has 0 atom stereocenters. The van der Waals surface area contributed by atoms with Crippen molar-refractivity contribution in [3.8, 4) is 0 Å². The molecule has 4 rings (SSSR count). The van der Waals surface area contributed by atoms with Crippen molar-refractivity contribution in [3.63, 3.8) is 0 Å². The van der Waals surface area contributed by atoms with Gasteiger partial charge in [-0.1, -0.05) is 6.92 Å². The van der Waals surface area contributed by atoms with Gasteiger partial charge in [0, 0.05) is 26.3 Å². The van der Waals surface area contributed by atoms with Crippen molar-refractivity contribution in [2.75, 3.05) is 18.0 Å². The summed E-state index contributed by atoms with van der Waals surface area (Å²) in [7, 11) is 1.90. The third kappa shape index (κ3) is 2.44. The van der Waals surface area contributed by atoms with E-state index in [1.807, 2.05) is 37.6 Å². The summed E-state index contributed by atoms with van der Waals surface area (Å²) in [5.74, 6) is 2.93. The maximum atomic E-state index is 4.59. The topological polar surface area (TPSA) is 77.0 Å². The zero-order valence-electron chi connectivity index (χ0n) is 14.3. The first-order chi connectivity index (χ1) is 11.5. The summed E-state index contributed by atoms with van der Waals surface area (Å²) in [6.45, 7) is 8.16. The SMILES string of the molecule is Cc1ncc(C)n2nc(C=Cc3nc(N4CC(C)C4)nn3C)nc12. The highest BCUT2D eigenvalue weighted by atomic mass is 15.4. The van der Waals surface area contributed by atoms with E-state index < -0.39 is 0 Å². The fourth-order valence-electron chi connectivity index (χ4n) is 2.85. The molecule has 1 aliphatic heterocycles. The van der Waals surface area contributed by atoms with Crippen LogP contribution in [-0.2, 0) is 7.05 Å². The highest BCUT2D eigenvalue weighted by Crippen LogP contribution is 2.21. The first-order valence-corrected chi connectivity index (χ1v) is 8.04. The molecule has 0 radical (unpaired) electrons. The molecule has 0 bridgehead atoms. The zero-order chi connectivity index (χ0) is 16.8. The van der Waals surface area contributed by atoms with Crippen LogP contribution in [0.25, 0.3) is 17.8 Å². The molecular formula is C16H20N8. The van der Waals surface area contributed by atoms with Gasteiger partial charge in [-0.3, -0.25) is 4.98 Å². The van der Waals surface area contributed by atoms with Crippen LogP contribution in [0.15, 0.2) is 6.20 Å². The van der Waals surface area contributed by atoms with Gasteiger partial charge >= 0.3 is 0 Å². The van der Waals surface area contributed by atoms with Gasteiger partial charge in [-0.2, -0.15) is 4.98 Å². The third-order valence-corrected chi connectivity index (χ3v) is 4.24. The molecule has 1 saturated heterocycles. The van der Waals surface area contributed by atoms with E-state index in [1.54, 1.807) is 10.9 Å². The minimum Gasteiger partial charge on any atom is -0.339 e. The molecule has 124 valence electrons. The van der Waals surface area contributed by atoms with E-state index in [4.69, 9.17) is 0 Å². The van der Waals surface area contributed by atoms with Gasteiger partial charge in [-0.25, -0.2) is 14.2 Å². The summed E-state index contributed by atoms with van der Waals surface area (Å²) in [5.41, 5.74) is 2.60. The Hall–Kier alpha value is -2.77. The Morgan fingerprint density at radius 3 is 2.62 bits per heavy atom. The Morgan fingerprint density at radius 1 is 1.12 bits per heavy atom. The molecule has 3 aromatic heterocycles. The van der Waals surface area contributed by atoms with E-state index >= 15 is 0 Å². The lowest BCUT2D eigenvalue weighted by atomic mass is 10.0. The molecule has 4 heterocycles. The minimum atomic E-state index is 0.635. The fraction of sp³-hybridized carbons (Fsp3) is 0.438. The number of nitrogens with zero attached hydrogens (tertiary/aromatic N) is 8. The second kappa shape index (κ2) is 5.40. The summed E-state index contributed by atoms with van der Waals surface area (Å²) in [6.07, 6.45) is 5.55. The average Bonchev–Trinajstić information content (AvgIpc) is 3.10. The van der Waals surface area contributed by atoms with Gasteiger partial charge in [-0.05, 0) is 31.9 Å². The molecule has 0 aromatic carbocycles. The maximum absolute atomic E-state index is 4.59. The lowest BCUT2D eigenvalue weighted by molar-refractivity contribution is 0.438. The number of aromatic nitrogens is 7. The zero-order valence-corrected chi connectivity index (χ0v) is 14.3. The molecule has 24 heavy (non-hydrogen) atoms. The highest BCUT2D eigenvalue weighted by molar-refractivity contribution is 5.65. The van der Waals surface area contributed by atoms with Crippen LogP contribution < -0.4 is 4.90 Å². The second-order valence-corrected chi connectivity index (χ2v) is 6.43. The normalized spacial score (nSPS) is 15.6. The van der Waals surface area contributed by atoms with Crippen LogP contribution >= 0.6 is 0 Å². The molecule has 1 fully saturated rings. The average molecular weight is 324 g/mol. The summed E-state index contributed by atoms with van der Waals surface area (Å²) in [5, 5.41) is 8.98.